The molecule has 0 saturated carbocycles. The number of carbonyl (C=O) groups excluding carboxylic acids is 1. The summed E-state index contributed by atoms with van der Waals surface area (Å²) in [5.74, 6) is 0.139. The number of anilines is 2. The normalized spacial score (nSPS) is 14.8. The average Bonchev–Trinajstić information content (AvgIpc) is 2.65. The Hall–Kier alpha value is -2.40. The van der Waals surface area contributed by atoms with Crippen LogP contribution >= 0.6 is 12.2 Å². The zero-order valence-electron chi connectivity index (χ0n) is 15.3. The molecule has 0 spiro atoms. The van der Waals surface area contributed by atoms with Gasteiger partial charge < -0.3 is 15.5 Å². The number of nitrogens with one attached hydrogen (secondary N) is 2. The minimum atomic E-state index is 0.0378. The molecular formula is C21H25N3OS. The molecule has 1 aliphatic heterocycles. The van der Waals surface area contributed by atoms with E-state index in [1.807, 2.05) is 30.3 Å². The van der Waals surface area contributed by atoms with Gasteiger partial charge in [-0.05, 0) is 74.3 Å². The lowest BCUT2D eigenvalue weighted by Crippen LogP contribution is -2.43. The fourth-order valence-electron chi connectivity index (χ4n) is 3.13. The van der Waals surface area contributed by atoms with Crippen LogP contribution in [-0.2, 0) is 4.79 Å². The first-order chi connectivity index (χ1) is 12.5. The molecule has 5 heteroatoms. The van der Waals surface area contributed by atoms with Gasteiger partial charge in [0.2, 0.25) is 5.91 Å². The van der Waals surface area contributed by atoms with E-state index in [0.717, 1.165) is 42.4 Å². The molecule has 1 fully saturated rings. The molecule has 136 valence electrons. The average molecular weight is 368 g/mol. The monoisotopic (exact) mass is 367 g/mol. The third-order valence-corrected chi connectivity index (χ3v) is 5.31. The van der Waals surface area contributed by atoms with Crippen LogP contribution in [0.2, 0.25) is 0 Å². The van der Waals surface area contributed by atoms with Crippen LogP contribution in [0.5, 0.6) is 0 Å². The second-order valence-electron chi connectivity index (χ2n) is 6.85. The molecular weight excluding hydrogens is 342 g/mol. The molecule has 0 aromatic heterocycles. The van der Waals surface area contributed by atoms with Crippen molar-refractivity contribution in [3.8, 4) is 0 Å². The number of aryl methyl sites for hydroxylation is 2. The van der Waals surface area contributed by atoms with E-state index in [4.69, 9.17) is 12.2 Å². The van der Waals surface area contributed by atoms with Gasteiger partial charge in [-0.3, -0.25) is 4.79 Å². The van der Waals surface area contributed by atoms with E-state index in [1.54, 1.807) is 0 Å². The molecule has 1 aliphatic rings. The van der Waals surface area contributed by atoms with Crippen LogP contribution in [0.15, 0.2) is 48.5 Å². The number of amides is 1. The molecule has 1 heterocycles. The summed E-state index contributed by atoms with van der Waals surface area (Å²) in [6, 6.07) is 15.9. The molecule has 0 atom stereocenters. The molecule has 1 saturated heterocycles. The molecule has 2 aromatic carbocycles. The van der Waals surface area contributed by atoms with E-state index >= 15 is 0 Å². The van der Waals surface area contributed by atoms with Crippen LogP contribution < -0.4 is 10.6 Å². The maximum absolute atomic E-state index is 12.4. The number of hydrogen-bond acceptors (Lipinski definition) is 2. The lowest BCUT2D eigenvalue weighted by molar-refractivity contribution is -0.120. The van der Waals surface area contributed by atoms with Crippen LogP contribution in [0, 0.1) is 19.8 Å². The Morgan fingerprint density at radius 3 is 2.31 bits per heavy atom. The molecule has 4 nitrogen and oxygen atoms in total. The van der Waals surface area contributed by atoms with Crippen molar-refractivity contribution in [3.63, 3.8) is 0 Å². The quantitative estimate of drug-likeness (QED) is 0.792. The van der Waals surface area contributed by atoms with Crippen LogP contribution in [-0.4, -0.2) is 29.0 Å². The molecule has 0 bridgehead atoms. The van der Waals surface area contributed by atoms with Crippen molar-refractivity contribution in [1.29, 1.82) is 0 Å². The van der Waals surface area contributed by atoms with E-state index in [1.165, 1.54) is 11.1 Å². The minimum Gasteiger partial charge on any atom is -0.349 e. The number of rotatable bonds is 3. The number of hydrogen-bond donors (Lipinski definition) is 2. The molecule has 0 aliphatic carbocycles. The number of benzene rings is 2. The van der Waals surface area contributed by atoms with Gasteiger partial charge in [-0.2, -0.15) is 0 Å². The highest BCUT2D eigenvalue weighted by molar-refractivity contribution is 7.80. The van der Waals surface area contributed by atoms with Gasteiger partial charge in [0.1, 0.15) is 0 Å². The van der Waals surface area contributed by atoms with Gasteiger partial charge >= 0.3 is 0 Å². The lowest BCUT2D eigenvalue weighted by Gasteiger charge is -2.33. The highest BCUT2D eigenvalue weighted by atomic mass is 32.1. The van der Waals surface area contributed by atoms with Gasteiger partial charge in [-0.25, -0.2) is 0 Å². The highest BCUT2D eigenvalue weighted by Gasteiger charge is 2.26. The number of piperidine rings is 1. The van der Waals surface area contributed by atoms with Crippen molar-refractivity contribution >= 4 is 34.6 Å². The Morgan fingerprint density at radius 1 is 0.962 bits per heavy atom. The second-order valence-corrected chi connectivity index (χ2v) is 7.23. The first-order valence-electron chi connectivity index (χ1n) is 9.02. The van der Waals surface area contributed by atoms with Gasteiger partial charge in [0.15, 0.2) is 5.11 Å². The van der Waals surface area contributed by atoms with Gasteiger partial charge in [-0.15, -0.1) is 0 Å². The van der Waals surface area contributed by atoms with Crippen molar-refractivity contribution in [1.82, 2.24) is 4.90 Å². The van der Waals surface area contributed by atoms with E-state index in [0.29, 0.717) is 0 Å². The van der Waals surface area contributed by atoms with E-state index in [2.05, 4.69) is 47.6 Å². The zero-order valence-corrected chi connectivity index (χ0v) is 16.1. The molecule has 0 radical (unpaired) electrons. The van der Waals surface area contributed by atoms with E-state index < -0.39 is 0 Å². The smallest absolute Gasteiger partial charge is 0.227 e. The van der Waals surface area contributed by atoms with Gasteiger partial charge in [0.05, 0.1) is 0 Å². The Morgan fingerprint density at radius 2 is 1.65 bits per heavy atom. The third-order valence-electron chi connectivity index (χ3n) is 4.95. The summed E-state index contributed by atoms with van der Waals surface area (Å²) < 4.78 is 0. The number of thiocarbonyl (C=S) groups is 1. The van der Waals surface area contributed by atoms with Crippen molar-refractivity contribution < 1.29 is 4.79 Å². The second kappa shape index (κ2) is 8.32. The summed E-state index contributed by atoms with van der Waals surface area (Å²) in [5, 5.41) is 7.05. The minimum absolute atomic E-state index is 0.0378. The first-order valence-corrected chi connectivity index (χ1v) is 9.43. The predicted molar refractivity (Wildman–Crippen MR) is 112 cm³/mol. The number of para-hydroxylation sites is 1. The predicted octanol–water partition coefficient (Wildman–Crippen LogP) is 4.35. The van der Waals surface area contributed by atoms with Crippen molar-refractivity contribution in [2.24, 2.45) is 5.92 Å². The largest absolute Gasteiger partial charge is 0.349 e. The van der Waals surface area contributed by atoms with E-state index in [-0.39, 0.29) is 11.8 Å². The Labute approximate surface area is 160 Å². The highest BCUT2D eigenvalue weighted by Crippen LogP contribution is 2.21. The van der Waals surface area contributed by atoms with Crippen molar-refractivity contribution in [2.75, 3.05) is 23.7 Å². The molecule has 26 heavy (non-hydrogen) atoms. The molecule has 3 rings (SSSR count). The standard InChI is InChI=1S/C21H25N3OS/c1-15-8-9-19(14-16(15)2)23-21(26)24-12-10-17(11-13-24)20(25)22-18-6-4-3-5-7-18/h3-9,14,17H,10-13H2,1-2H3,(H,22,25)(H,23,26). The van der Waals surface area contributed by atoms with Gasteiger partial charge in [0, 0.05) is 30.4 Å². The summed E-state index contributed by atoms with van der Waals surface area (Å²) in [6.07, 6.45) is 1.63. The summed E-state index contributed by atoms with van der Waals surface area (Å²) in [6.45, 7) is 5.79. The first kappa shape index (κ1) is 18.4. The van der Waals surface area contributed by atoms with Crippen LogP contribution in [0.3, 0.4) is 0 Å². The maximum atomic E-state index is 12.4. The Kier molecular flexibility index (Phi) is 5.89. The third kappa shape index (κ3) is 4.61. The maximum Gasteiger partial charge on any atom is 0.227 e. The zero-order chi connectivity index (χ0) is 18.5. The summed E-state index contributed by atoms with van der Waals surface area (Å²) in [4.78, 5) is 14.6. The number of carbonyl (C=O) groups is 1. The van der Waals surface area contributed by atoms with Crippen molar-refractivity contribution in [3.05, 3.63) is 59.7 Å². The number of nitrogens with zero attached hydrogens (tertiary/aromatic N) is 1. The van der Waals surface area contributed by atoms with Gasteiger partial charge in [0.25, 0.3) is 0 Å². The van der Waals surface area contributed by atoms with Gasteiger partial charge in [-0.1, -0.05) is 24.3 Å². The Balaban J connectivity index is 1.50. The topological polar surface area (TPSA) is 44.4 Å². The molecule has 1 amide bonds. The number of likely N-dealkylation sites (tertiary alicyclic amines) is 1. The molecule has 2 aromatic rings. The SMILES string of the molecule is Cc1ccc(NC(=S)N2CCC(C(=O)Nc3ccccc3)CC2)cc1C. The lowest BCUT2D eigenvalue weighted by atomic mass is 9.96. The van der Waals surface area contributed by atoms with Crippen molar-refractivity contribution in [2.45, 2.75) is 26.7 Å². The van der Waals surface area contributed by atoms with Crippen LogP contribution in [0.1, 0.15) is 24.0 Å². The summed E-state index contributed by atoms with van der Waals surface area (Å²) in [5.41, 5.74) is 4.38. The molecule has 0 unspecified atom stereocenters. The fourth-order valence-corrected chi connectivity index (χ4v) is 3.43. The van der Waals surface area contributed by atoms with Crippen LogP contribution in [0.4, 0.5) is 11.4 Å². The fraction of sp³-hybridized carbons (Fsp3) is 0.333. The summed E-state index contributed by atoms with van der Waals surface area (Å²) in [7, 11) is 0. The Bertz CT molecular complexity index is 783. The summed E-state index contributed by atoms with van der Waals surface area (Å²) >= 11 is 5.56. The van der Waals surface area contributed by atoms with E-state index in [9.17, 15) is 4.79 Å². The van der Waals surface area contributed by atoms with Crippen LogP contribution in [0.25, 0.3) is 0 Å². The molecule has 2 N–H and O–H groups in total.